The predicted molar refractivity (Wildman–Crippen MR) is 114 cm³/mol. The van der Waals surface area contributed by atoms with Gasteiger partial charge in [0.2, 0.25) is 5.95 Å². The van der Waals surface area contributed by atoms with Crippen molar-refractivity contribution in [1.29, 1.82) is 0 Å². The van der Waals surface area contributed by atoms with Crippen molar-refractivity contribution < 1.29 is 17.9 Å². The largest absolute Gasteiger partial charge is 0.573 e. The highest BCUT2D eigenvalue weighted by molar-refractivity contribution is 9.10. The number of halogens is 4. The molecule has 0 aliphatic heterocycles. The Bertz CT molecular complexity index is 841. The highest BCUT2D eigenvalue weighted by Gasteiger charge is 2.32. The van der Waals surface area contributed by atoms with Crippen LogP contribution in [0.3, 0.4) is 0 Å². The number of benzene rings is 1. The summed E-state index contributed by atoms with van der Waals surface area (Å²) >= 11 is 3.19. The molecular formula is C20H25BrF3N5O. The van der Waals surface area contributed by atoms with Gasteiger partial charge in [0, 0.05) is 49.0 Å². The van der Waals surface area contributed by atoms with E-state index in [1.165, 1.54) is 6.07 Å². The molecule has 0 bridgehead atoms. The summed E-state index contributed by atoms with van der Waals surface area (Å²) in [5.41, 5.74) is 0.480. The molecule has 0 amide bonds. The van der Waals surface area contributed by atoms with Crippen LogP contribution in [0.1, 0.15) is 31.2 Å². The van der Waals surface area contributed by atoms with E-state index in [-0.39, 0.29) is 11.8 Å². The Morgan fingerprint density at radius 3 is 2.50 bits per heavy atom. The van der Waals surface area contributed by atoms with Crippen LogP contribution in [-0.2, 0) is 6.54 Å². The van der Waals surface area contributed by atoms with E-state index < -0.39 is 6.36 Å². The van der Waals surface area contributed by atoms with E-state index in [0.717, 1.165) is 31.5 Å². The highest BCUT2D eigenvalue weighted by atomic mass is 79.9. The van der Waals surface area contributed by atoms with Crippen molar-refractivity contribution >= 4 is 27.7 Å². The smallest absolute Gasteiger partial charge is 0.405 e. The molecule has 1 aromatic carbocycles. The molecule has 2 aromatic rings. The zero-order chi connectivity index (χ0) is 21.7. The van der Waals surface area contributed by atoms with E-state index in [4.69, 9.17) is 0 Å². The molecule has 6 nitrogen and oxygen atoms in total. The third-order valence-electron chi connectivity index (χ3n) is 4.96. The summed E-state index contributed by atoms with van der Waals surface area (Å²) in [7, 11) is 3.79. The van der Waals surface area contributed by atoms with Gasteiger partial charge in [-0.05, 0) is 43.9 Å². The van der Waals surface area contributed by atoms with Gasteiger partial charge in [0.1, 0.15) is 11.6 Å². The van der Waals surface area contributed by atoms with Crippen LogP contribution in [-0.4, -0.2) is 42.5 Å². The van der Waals surface area contributed by atoms with E-state index in [1.807, 2.05) is 25.1 Å². The first kappa shape index (κ1) is 22.6. The van der Waals surface area contributed by atoms with Crippen molar-refractivity contribution in [1.82, 2.24) is 15.3 Å². The molecule has 1 aliphatic rings. The molecule has 0 unspecified atom stereocenters. The third kappa shape index (κ3) is 6.73. The molecule has 3 rings (SSSR count). The minimum Gasteiger partial charge on any atom is -0.405 e. The number of aromatic nitrogens is 2. The number of ether oxygens (including phenoxy) is 1. The molecule has 164 valence electrons. The monoisotopic (exact) mass is 487 g/mol. The minimum absolute atomic E-state index is 0.180. The van der Waals surface area contributed by atoms with Gasteiger partial charge in [-0.15, -0.1) is 13.2 Å². The summed E-state index contributed by atoms with van der Waals surface area (Å²) in [6.45, 7) is 0.319. The lowest BCUT2D eigenvalue weighted by atomic mass is 9.91. The number of hydrogen-bond donors (Lipinski definition) is 2. The Hall–Kier alpha value is -2.07. The maximum absolute atomic E-state index is 12.7. The lowest BCUT2D eigenvalue weighted by Gasteiger charge is -2.30. The topological polar surface area (TPSA) is 62.3 Å². The molecule has 1 aromatic heterocycles. The highest BCUT2D eigenvalue weighted by Crippen LogP contribution is 2.30. The molecular weight excluding hydrogens is 463 g/mol. The maximum atomic E-state index is 12.7. The van der Waals surface area contributed by atoms with E-state index in [0.29, 0.717) is 28.6 Å². The van der Waals surface area contributed by atoms with Crippen LogP contribution in [0.2, 0.25) is 0 Å². The Morgan fingerprint density at radius 2 is 1.83 bits per heavy atom. The van der Waals surface area contributed by atoms with Crippen molar-refractivity contribution in [3.8, 4) is 5.75 Å². The number of nitrogens with zero attached hydrogens (tertiary/aromatic N) is 3. The minimum atomic E-state index is -4.72. The van der Waals surface area contributed by atoms with Crippen LogP contribution >= 0.6 is 15.9 Å². The van der Waals surface area contributed by atoms with E-state index in [2.05, 4.69) is 41.3 Å². The van der Waals surface area contributed by atoms with Gasteiger partial charge >= 0.3 is 6.36 Å². The van der Waals surface area contributed by atoms with E-state index in [1.54, 1.807) is 18.3 Å². The van der Waals surface area contributed by atoms with Crippen LogP contribution in [0.5, 0.6) is 5.75 Å². The Kier molecular flexibility index (Phi) is 7.41. The van der Waals surface area contributed by atoms with Crippen molar-refractivity contribution in [3.05, 3.63) is 40.5 Å². The predicted octanol–water partition coefficient (Wildman–Crippen LogP) is 4.72. The van der Waals surface area contributed by atoms with Crippen LogP contribution in [0.25, 0.3) is 0 Å². The summed E-state index contributed by atoms with van der Waals surface area (Å²) in [5, 5.41) is 6.83. The summed E-state index contributed by atoms with van der Waals surface area (Å²) in [6, 6.07) is 7.10. The second-order valence-electron chi connectivity index (χ2n) is 7.51. The third-order valence-corrected chi connectivity index (χ3v) is 5.45. The lowest BCUT2D eigenvalue weighted by Crippen LogP contribution is -2.37. The average Bonchev–Trinajstić information content (AvgIpc) is 2.67. The Morgan fingerprint density at radius 1 is 1.13 bits per heavy atom. The quantitative estimate of drug-likeness (QED) is 0.589. The molecule has 2 N–H and O–H groups in total. The fourth-order valence-corrected chi connectivity index (χ4v) is 3.78. The van der Waals surface area contributed by atoms with Crippen molar-refractivity contribution in [2.75, 3.05) is 24.3 Å². The maximum Gasteiger partial charge on any atom is 0.573 e. The zero-order valence-electron chi connectivity index (χ0n) is 16.8. The molecule has 0 spiro atoms. The number of nitrogens with one attached hydrogen (secondary N) is 2. The number of alkyl halides is 3. The molecule has 1 fully saturated rings. The molecule has 10 heteroatoms. The second-order valence-corrected chi connectivity index (χ2v) is 8.43. The molecule has 0 saturated heterocycles. The first-order valence-corrected chi connectivity index (χ1v) is 10.5. The van der Waals surface area contributed by atoms with Gasteiger partial charge in [-0.3, -0.25) is 0 Å². The van der Waals surface area contributed by atoms with Crippen LogP contribution < -0.4 is 20.3 Å². The normalized spacial score (nSPS) is 19.4. The van der Waals surface area contributed by atoms with Gasteiger partial charge in [0.25, 0.3) is 0 Å². The number of anilines is 2. The first-order chi connectivity index (χ1) is 14.2. The van der Waals surface area contributed by atoms with E-state index in [9.17, 15) is 13.2 Å². The number of hydrogen-bond acceptors (Lipinski definition) is 6. The zero-order valence-corrected chi connectivity index (χ0v) is 18.4. The second kappa shape index (κ2) is 9.82. The average molecular weight is 488 g/mol. The van der Waals surface area contributed by atoms with Crippen LogP contribution in [0.15, 0.2) is 34.9 Å². The summed E-state index contributed by atoms with van der Waals surface area (Å²) < 4.78 is 42.7. The lowest BCUT2D eigenvalue weighted by molar-refractivity contribution is -0.274. The van der Waals surface area contributed by atoms with Crippen LogP contribution in [0.4, 0.5) is 24.9 Å². The van der Waals surface area contributed by atoms with Gasteiger partial charge in [-0.25, -0.2) is 4.98 Å². The van der Waals surface area contributed by atoms with E-state index >= 15 is 0 Å². The van der Waals surface area contributed by atoms with Gasteiger partial charge < -0.3 is 20.3 Å². The van der Waals surface area contributed by atoms with Crippen molar-refractivity contribution in [2.24, 2.45) is 0 Å². The van der Waals surface area contributed by atoms with Gasteiger partial charge in [-0.1, -0.05) is 22.0 Å². The molecule has 0 atom stereocenters. The Labute approximate surface area is 182 Å². The fraction of sp³-hybridized carbons (Fsp3) is 0.500. The van der Waals surface area contributed by atoms with Crippen molar-refractivity contribution in [2.45, 2.75) is 50.7 Å². The van der Waals surface area contributed by atoms with Gasteiger partial charge in [0.05, 0.1) is 0 Å². The van der Waals surface area contributed by atoms with Gasteiger partial charge in [-0.2, -0.15) is 4.98 Å². The van der Waals surface area contributed by atoms with Crippen molar-refractivity contribution in [3.63, 3.8) is 0 Å². The molecule has 1 aliphatic carbocycles. The molecule has 0 radical (unpaired) electrons. The standard InChI is InChI=1S/C20H25BrF3N5O/c1-29(2)19-25-10-9-18(28-19)27-16-7-5-15(6-8-16)26-12-13-3-4-14(21)11-17(13)30-20(22,23)24/h3-4,9-11,15-16,26H,5-8,12H2,1-2H3,(H,25,27,28)/t15-,16+. The Balaban J connectivity index is 1.50. The first-order valence-electron chi connectivity index (χ1n) is 9.74. The molecule has 1 saturated carbocycles. The molecule has 30 heavy (non-hydrogen) atoms. The SMILES string of the molecule is CN(C)c1nccc(N[C@H]2CC[C@@H](NCc3ccc(Br)cc3OC(F)(F)F)CC2)n1. The van der Waals surface area contributed by atoms with Crippen LogP contribution in [0, 0.1) is 0 Å². The summed E-state index contributed by atoms with van der Waals surface area (Å²) in [4.78, 5) is 10.6. The summed E-state index contributed by atoms with van der Waals surface area (Å²) in [6.07, 6.45) is 0.768. The van der Waals surface area contributed by atoms with Gasteiger partial charge in [0.15, 0.2) is 0 Å². The summed E-state index contributed by atoms with van der Waals surface area (Å²) in [5.74, 6) is 1.27. The molecule has 1 heterocycles. The number of rotatable bonds is 7. The fourth-order valence-electron chi connectivity index (χ4n) is 3.44.